The van der Waals surface area contributed by atoms with Crippen molar-refractivity contribution in [1.82, 2.24) is 0 Å². The molecule has 0 fully saturated rings. The fourth-order valence-electron chi connectivity index (χ4n) is 3.83. The van der Waals surface area contributed by atoms with Crippen LogP contribution in [-0.4, -0.2) is 17.7 Å². The molecule has 0 saturated heterocycles. The first-order valence-corrected chi connectivity index (χ1v) is 10.1. The number of carboxylic acids is 1. The topological polar surface area (TPSA) is 46.5 Å². The molecule has 3 rings (SSSR count). The first-order valence-electron chi connectivity index (χ1n) is 9.67. The van der Waals surface area contributed by atoms with Gasteiger partial charge in [-0.1, -0.05) is 36.7 Å². The molecule has 1 aliphatic carbocycles. The van der Waals surface area contributed by atoms with Crippen LogP contribution in [-0.2, 0) is 17.4 Å². The number of halogens is 4. The highest BCUT2D eigenvalue weighted by Crippen LogP contribution is 2.40. The maximum atomic E-state index is 13.4. The Balaban J connectivity index is 1.82. The maximum absolute atomic E-state index is 13.4. The van der Waals surface area contributed by atoms with Crippen molar-refractivity contribution in [2.45, 2.75) is 38.8 Å². The number of carboxylic acid groups (broad SMARTS) is 1. The van der Waals surface area contributed by atoms with Crippen molar-refractivity contribution in [3.8, 4) is 5.75 Å². The lowest BCUT2D eigenvalue weighted by atomic mass is 9.95. The molecule has 0 saturated carbocycles. The van der Waals surface area contributed by atoms with Gasteiger partial charge in [0.15, 0.2) is 0 Å². The van der Waals surface area contributed by atoms with Gasteiger partial charge < -0.3 is 9.84 Å². The second-order valence-corrected chi connectivity index (χ2v) is 7.90. The van der Waals surface area contributed by atoms with Crippen LogP contribution in [0.3, 0.4) is 0 Å². The summed E-state index contributed by atoms with van der Waals surface area (Å²) < 4.78 is 46.0. The number of alkyl halides is 3. The van der Waals surface area contributed by atoms with Crippen LogP contribution in [0.4, 0.5) is 13.2 Å². The molecule has 0 spiro atoms. The fourth-order valence-corrected chi connectivity index (χ4v) is 3.95. The van der Waals surface area contributed by atoms with Crippen molar-refractivity contribution in [2.75, 3.05) is 6.61 Å². The summed E-state index contributed by atoms with van der Waals surface area (Å²) in [7, 11) is 0. The number of hydrogen-bond acceptors (Lipinski definition) is 2. The molecule has 7 heteroatoms. The Morgan fingerprint density at radius 1 is 1.20 bits per heavy atom. The van der Waals surface area contributed by atoms with E-state index in [-0.39, 0.29) is 30.8 Å². The standard InChI is InChI=1S/C23H22ClF3O3/c1-14-2-3-17(22(14)16-4-8-18(24)9-5-16)13-30-19-10-6-15(7-11-21(28)29)20(12-19)23(25,26)27/h4-6,8-10,12,14H,2-3,7,11,13H2,1H3,(H,28,29). The van der Waals surface area contributed by atoms with Gasteiger partial charge in [-0.2, -0.15) is 13.2 Å². The first-order chi connectivity index (χ1) is 14.1. The predicted octanol–water partition coefficient (Wildman–Crippen LogP) is 6.64. The normalized spacial score (nSPS) is 16.8. The lowest BCUT2D eigenvalue weighted by Crippen LogP contribution is -2.11. The van der Waals surface area contributed by atoms with Gasteiger partial charge in [-0.15, -0.1) is 0 Å². The van der Waals surface area contributed by atoms with Gasteiger partial charge in [-0.3, -0.25) is 4.79 Å². The number of rotatable bonds is 7. The number of hydrogen-bond donors (Lipinski definition) is 1. The van der Waals surface area contributed by atoms with E-state index in [2.05, 4.69) is 6.92 Å². The third-order valence-corrected chi connectivity index (χ3v) is 5.57. The van der Waals surface area contributed by atoms with Crippen LogP contribution in [0.1, 0.15) is 42.9 Å². The van der Waals surface area contributed by atoms with Crippen molar-refractivity contribution >= 4 is 23.1 Å². The fraction of sp³-hybridized carbons (Fsp3) is 0.348. The van der Waals surface area contributed by atoms with Crippen LogP contribution in [0.2, 0.25) is 5.02 Å². The van der Waals surface area contributed by atoms with Crippen LogP contribution < -0.4 is 4.74 Å². The molecule has 1 atom stereocenters. The highest BCUT2D eigenvalue weighted by Gasteiger charge is 2.34. The van der Waals surface area contributed by atoms with Gasteiger partial charge >= 0.3 is 12.1 Å². The van der Waals surface area contributed by atoms with Crippen molar-refractivity contribution in [3.63, 3.8) is 0 Å². The largest absolute Gasteiger partial charge is 0.489 e. The summed E-state index contributed by atoms with van der Waals surface area (Å²) in [6, 6.07) is 11.2. The van der Waals surface area contributed by atoms with E-state index in [1.807, 2.05) is 24.3 Å². The van der Waals surface area contributed by atoms with Gasteiger partial charge in [0.05, 0.1) is 5.56 Å². The van der Waals surface area contributed by atoms with E-state index in [1.54, 1.807) is 0 Å². The molecular formula is C23H22ClF3O3. The summed E-state index contributed by atoms with van der Waals surface area (Å²) >= 11 is 5.97. The minimum atomic E-state index is -4.58. The Kier molecular flexibility index (Phi) is 6.76. The number of benzene rings is 2. The molecule has 0 amide bonds. The molecular weight excluding hydrogens is 417 g/mol. The summed E-state index contributed by atoms with van der Waals surface area (Å²) in [5.74, 6) is -0.696. The van der Waals surface area contributed by atoms with Crippen molar-refractivity contribution in [3.05, 3.63) is 69.8 Å². The van der Waals surface area contributed by atoms with Crippen molar-refractivity contribution < 1.29 is 27.8 Å². The summed E-state index contributed by atoms with van der Waals surface area (Å²) in [6.07, 6.45) is -3.35. The Labute approximate surface area is 178 Å². The Bertz CT molecular complexity index is 949. The third-order valence-electron chi connectivity index (χ3n) is 5.32. The molecule has 160 valence electrons. The van der Waals surface area contributed by atoms with E-state index in [0.29, 0.717) is 10.9 Å². The molecule has 1 aliphatic rings. The van der Waals surface area contributed by atoms with Gasteiger partial charge in [0.1, 0.15) is 12.4 Å². The van der Waals surface area contributed by atoms with E-state index >= 15 is 0 Å². The monoisotopic (exact) mass is 438 g/mol. The average Bonchev–Trinajstić information content (AvgIpc) is 3.05. The van der Waals surface area contributed by atoms with E-state index in [4.69, 9.17) is 21.4 Å². The third kappa shape index (κ3) is 5.36. The van der Waals surface area contributed by atoms with Crippen molar-refractivity contribution in [2.24, 2.45) is 5.92 Å². The molecule has 0 heterocycles. The minimum absolute atomic E-state index is 0.0483. The van der Waals surface area contributed by atoms with Crippen molar-refractivity contribution in [1.29, 1.82) is 0 Å². The summed E-state index contributed by atoms with van der Waals surface area (Å²) in [5.41, 5.74) is 2.36. The molecule has 2 aromatic carbocycles. The zero-order valence-electron chi connectivity index (χ0n) is 16.4. The Hall–Kier alpha value is -2.47. The summed E-state index contributed by atoms with van der Waals surface area (Å²) in [4.78, 5) is 10.7. The zero-order chi connectivity index (χ0) is 21.9. The molecule has 0 aromatic heterocycles. The average molecular weight is 439 g/mol. The number of allylic oxidation sites excluding steroid dienone is 1. The Morgan fingerprint density at radius 3 is 2.53 bits per heavy atom. The second kappa shape index (κ2) is 9.13. The molecule has 1 unspecified atom stereocenters. The summed E-state index contributed by atoms with van der Waals surface area (Å²) in [6.45, 7) is 2.32. The highest BCUT2D eigenvalue weighted by atomic mass is 35.5. The second-order valence-electron chi connectivity index (χ2n) is 7.46. The lowest BCUT2D eigenvalue weighted by Gasteiger charge is -2.16. The molecule has 0 aliphatic heterocycles. The number of ether oxygens (including phenoxy) is 1. The molecule has 0 radical (unpaired) electrons. The number of carbonyl (C=O) groups is 1. The zero-order valence-corrected chi connectivity index (χ0v) is 17.2. The SMILES string of the molecule is CC1CCC(COc2ccc(CCC(=O)O)c(C(F)(F)F)c2)=C1c1ccc(Cl)cc1. The molecule has 3 nitrogen and oxygen atoms in total. The number of aliphatic carboxylic acids is 1. The van der Waals surface area contributed by atoms with E-state index in [1.165, 1.54) is 12.1 Å². The lowest BCUT2D eigenvalue weighted by molar-refractivity contribution is -0.140. The van der Waals surface area contributed by atoms with Gasteiger partial charge in [0.25, 0.3) is 0 Å². The maximum Gasteiger partial charge on any atom is 0.416 e. The minimum Gasteiger partial charge on any atom is -0.489 e. The number of aryl methyl sites for hydroxylation is 1. The smallest absolute Gasteiger partial charge is 0.416 e. The van der Waals surface area contributed by atoms with Gasteiger partial charge in [-0.25, -0.2) is 0 Å². The van der Waals surface area contributed by atoms with Crippen LogP contribution in [0.15, 0.2) is 48.0 Å². The van der Waals surface area contributed by atoms with Crippen LogP contribution in [0.25, 0.3) is 5.57 Å². The molecule has 2 aromatic rings. The quantitative estimate of drug-likeness (QED) is 0.527. The summed E-state index contributed by atoms with van der Waals surface area (Å²) in [5, 5.41) is 9.41. The van der Waals surface area contributed by atoms with Gasteiger partial charge in [-0.05, 0) is 71.7 Å². The van der Waals surface area contributed by atoms with E-state index in [9.17, 15) is 18.0 Å². The Morgan fingerprint density at radius 2 is 1.90 bits per heavy atom. The van der Waals surface area contributed by atoms with E-state index < -0.39 is 17.7 Å². The molecule has 0 bridgehead atoms. The van der Waals surface area contributed by atoms with Crippen LogP contribution in [0, 0.1) is 5.92 Å². The molecule has 1 N–H and O–H groups in total. The van der Waals surface area contributed by atoms with Gasteiger partial charge in [0.2, 0.25) is 0 Å². The predicted molar refractivity (Wildman–Crippen MR) is 110 cm³/mol. The van der Waals surface area contributed by atoms with Gasteiger partial charge in [0, 0.05) is 11.4 Å². The van der Waals surface area contributed by atoms with Crippen LogP contribution in [0.5, 0.6) is 5.75 Å². The molecule has 30 heavy (non-hydrogen) atoms. The van der Waals surface area contributed by atoms with Crippen LogP contribution >= 0.6 is 11.6 Å². The highest BCUT2D eigenvalue weighted by molar-refractivity contribution is 6.30. The first kappa shape index (κ1) is 22.2. The van der Waals surface area contributed by atoms with E-state index in [0.717, 1.165) is 35.6 Å².